The lowest BCUT2D eigenvalue weighted by molar-refractivity contribution is 0.407. The average molecular weight is 176 g/mol. The van der Waals surface area contributed by atoms with Gasteiger partial charge in [0.2, 0.25) is 0 Å². The van der Waals surface area contributed by atoms with Gasteiger partial charge >= 0.3 is 0 Å². The van der Waals surface area contributed by atoms with E-state index in [0.717, 1.165) is 5.75 Å². The molecule has 13 heavy (non-hydrogen) atoms. The maximum Gasteiger partial charge on any atom is 0.122 e. The first-order chi connectivity index (χ1) is 6.15. The van der Waals surface area contributed by atoms with Crippen molar-refractivity contribution < 1.29 is 4.74 Å². The molecule has 0 aliphatic heterocycles. The zero-order chi connectivity index (χ0) is 9.47. The van der Waals surface area contributed by atoms with Crippen LogP contribution in [0, 0.1) is 5.41 Å². The van der Waals surface area contributed by atoms with Crippen LogP contribution in [0.3, 0.4) is 0 Å². The van der Waals surface area contributed by atoms with Crippen molar-refractivity contribution in [3.05, 3.63) is 29.8 Å². The van der Waals surface area contributed by atoms with Gasteiger partial charge in [0.25, 0.3) is 0 Å². The highest BCUT2D eigenvalue weighted by Gasteiger charge is 2.47. The van der Waals surface area contributed by atoms with Crippen LogP contribution in [0.4, 0.5) is 0 Å². The van der Waals surface area contributed by atoms with E-state index in [-0.39, 0.29) is 0 Å². The predicted octanol–water partition coefficient (Wildman–Crippen LogP) is 3.21. The first-order valence-electron chi connectivity index (χ1n) is 4.78. The van der Waals surface area contributed by atoms with Crippen molar-refractivity contribution in [3.8, 4) is 5.75 Å². The number of hydrogen-bond acceptors (Lipinski definition) is 1. The number of rotatable bonds is 2. The molecule has 1 aromatic rings. The monoisotopic (exact) mass is 176 g/mol. The van der Waals surface area contributed by atoms with E-state index in [1.807, 2.05) is 12.1 Å². The first kappa shape index (κ1) is 8.61. The number of para-hydroxylation sites is 1. The summed E-state index contributed by atoms with van der Waals surface area (Å²) in [4.78, 5) is 0. The summed E-state index contributed by atoms with van der Waals surface area (Å²) >= 11 is 0. The number of hydrogen-bond donors (Lipinski definition) is 0. The second-order valence-corrected chi connectivity index (χ2v) is 4.49. The van der Waals surface area contributed by atoms with Crippen molar-refractivity contribution in [1.82, 2.24) is 0 Å². The smallest absolute Gasteiger partial charge is 0.122 e. The van der Waals surface area contributed by atoms with Crippen molar-refractivity contribution >= 4 is 0 Å². The third kappa shape index (κ3) is 1.43. The molecule has 0 unspecified atom stereocenters. The van der Waals surface area contributed by atoms with Crippen LogP contribution in [0.15, 0.2) is 24.3 Å². The summed E-state index contributed by atoms with van der Waals surface area (Å²) in [7, 11) is 1.74. The van der Waals surface area contributed by atoms with Gasteiger partial charge in [0.1, 0.15) is 5.75 Å². The van der Waals surface area contributed by atoms with Crippen molar-refractivity contribution in [3.63, 3.8) is 0 Å². The lowest BCUT2D eigenvalue weighted by Gasteiger charge is -2.08. The third-order valence-corrected chi connectivity index (χ3v) is 3.03. The number of ether oxygens (including phenoxy) is 1. The molecular formula is C12H16O. The molecule has 0 radical (unpaired) electrons. The molecule has 0 spiro atoms. The summed E-state index contributed by atoms with van der Waals surface area (Å²) in [5.41, 5.74) is 1.85. The van der Waals surface area contributed by atoms with Crippen LogP contribution in [0.2, 0.25) is 0 Å². The van der Waals surface area contributed by atoms with E-state index in [2.05, 4.69) is 26.0 Å². The van der Waals surface area contributed by atoms with Crippen LogP contribution >= 0.6 is 0 Å². The van der Waals surface area contributed by atoms with Crippen molar-refractivity contribution in [2.45, 2.75) is 26.2 Å². The van der Waals surface area contributed by atoms with Crippen molar-refractivity contribution in [1.29, 1.82) is 0 Å². The minimum Gasteiger partial charge on any atom is -0.496 e. The van der Waals surface area contributed by atoms with Crippen LogP contribution < -0.4 is 4.74 Å². The SMILES string of the molecule is COc1ccccc1[C@@H]1CC1(C)C. The maximum absolute atomic E-state index is 5.34. The molecule has 0 saturated heterocycles. The van der Waals surface area contributed by atoms with Gasteiger partial charge in [-0.25, -0.2) is 0 Å². The molecule has 2 rings (SSSR count). The molecule has 0 heterocycles. The fourth-order valence-electron chi connectivity index (χ4n) is 1.95. The zero-order valence-corrected chi connectivity index (χ0v) is 8.50. The molecule has 0 aromatic heterocycles. The Bertz CT molecular complexity index is 315. The van der Waals surface area contributed by atoms with E-state index in [0.29, 0.717) is 11.3 Å². The number of benzene rings is 1. The van der Waals surface area contributed by atoms with Crippen molar-refractivity contribution in [2.24, 2.45) is 5.41 Å². The highest BCUT2D eigenvalue weighted by Crippen LogP contribution is 2.60. The van der Waals surface area contributed by atoms with Gasteiger partial charge in [-0.3, -0.25) is 0 Å². The molecule has 1 saturated carbocycles. The average Bonchev–Trinajstić information content (AvgIpc) is 2.75. The molecule has 1 aromatic carbocycles. The molecular weight excluding hydrogens is 160 g/mol. The van der Waals surface area contributed by atoms with Gasteiger partial charge in [-0.2, -0.15) is 0 Å². The predicted molar refractivity (Wildman–Crippen MR) is 54.1 cm³/mol. The fraction of sp³-hybridized carbons (Fsp3) is 0.500. The summed E-state index contributed by atoms with van der Waals surface area (Å²) in [6, 6.07) is 8.34. The Balaban J connectivity index is 2.31. The van der Waals surface area contributed by atoms with Crippen LogP contribution in [0.25, 0.3) is 0 Å². The highest BCUT2D eigenvalue weighted by atomic mass is 16.5. The molecule has 0 amide bonds. The van der Waals surface area contributed by atoms with Crippen LogP contribution in [-0.4, -0.2) is 7.11 Å². The molecule has 1 fully saturated rings. The van der Waals surface area contributed by atoms with Crippen LogP contribution in [0.5, 0.6) is 5.75 Å². The van der Waals surface area contributed by atoms with Gasteiger partial charge in [-0.05, 0) is 29.4 Å². The Morgan fingerprint density at radius 2 is 1.92 bits per heavy atom. The lowest BCUT2D eigenvalue weighted by Crippen LogP contribution is -1.93. The third-order valence-electron chi connectivity index (χ3n) is 3.03. The summed E-state index contributed by atoms with van der Waals surface area (Å²) in [6.07, 6.45) is 1.29. The summed E-state index contributed by atoms with van der Waals surface area (Å²) < 4.78 is 5.34. The minimum absolute atomic E-state index is 0.481. The standard InChI is InChI=1S/C12H16O/c1-12(2)8-10(12)9-6-4-5-7-11(9)13-3/h4-7,10H,8H2,1-3H3/t10-/m0/s1. The molecule has 1 aliphatic carbocycles. The Hall–Kier alpha value is -0.980. The summed E-state index contributed by atoms with van der Waals surface area (Å²) in [6.45, 7) is 4.62. The van der Waals surface area contributed by atoms with E-state index in [4.69, 9.17) is 4.74 Å². The van der Waals surface area contributed by atoms with E-state index in [9.17, 15) is 0 Å². The Kier molecular flexibility index (Phi) is 1.83. The van der Waals surface area contributed by atoms with E-state index in [1.165, 1.54) is 12.0 Å². The lowest BCUT2D eigenvalue weighted by atomic mass is 10.0. The van der Waals surface area contributed by atoms with Gasteiger partial charge in [0, 0.05) is 0 Å². The molecule has 1 heteroatoms. The van der Waals surface area contributed by atoms with Crippen LogP contribution in [-0.2, 0) is 0 Å². The molecule has 70 valence electrons. The van der Waals surface area contributed by atoms with Gasteiger partial charge in [0.05, 0.1) is 7.11 Å². The van der Waals surface area contributed by atoms with Gasteiger partial charge in [0.15, 0.2) is 0 Å². The fourth-order valence-corrected chi connectivity index (χ4v) is 1.95. The second-order valence-electron chi connectivity index (χ2n) is 4.49. The highest BCUT2D eigenvalue weighted by molar-refractivity contribution is 5.40. The molecule has 1 atom stereocenters. The summed E-state index contributed by atoms with van der Waals surface area (Å²) in [5.74, 6) is 1.74. The Morgan fingerprint density at radius 3 is 2.46 bits per heavy atom. The minimum atomic E-state index is 0.481. The van der Waals surface area contributed by atoms with Gasteiger partial charge in [-0.15, -0.1) is 0 Å². The number of methoxy groups -OCH3 is 1. The van der Waals surface area contributed by atoms with E-state index >= 15 is 0 Å². The normalized spacial score (nSPS) is 24.1. The van der Waals surface area contributed by atoms with Gasteiger partial charge in [-0.1, -0.05) is 32.0 Å². The molecule has 0 N–H and O–H groups in total. The molecule has 1 aliphatic rings. The maximum atomic E-state index is 5.34. The van der Waals surface area contributed by atoms with E-state index in [1.54, 1.807) is 7.11 Å². The largest absolute Gasteiger partial charge is 0.496 e. The quantitative estimate of drug-likeness (QED) is 0.672. The Morgan fingerprint density at radius 1 is 1.31 bits per heavy atom. The first-order valence-corrected chi connectivity index (χ1v) is 4.78. The van der Waals surface area contributed by atoms with Gasteiger partial charge < -0.3 is 4.74 Å². The topological polar surface area (TPSA) is 9.23 Å². The van der Waals surface area contributed by atoms with Crippen molar-refractivity contribution in [2.75, 3.05) is 7.11 Å². The van der Waals surface area contributed by atoms with Crippen LogP contribution in [0.1, 0.15) is 31.7 Å². The summed E-state index contributed by atoms with van der Waals surface area (Å²) in [5, 5.41) is 0. The Labute approximate surface area is 79.7 Å². The molecule has 1 nitrogen and oxygen atoms in total. The molecule has 0 bridgehead atoms. The van der Waals surface area contributed by atoms with E-state index < -0.39 is 0 Å². The zero-order valence-electron chi connectivity index (χ0n) is 8.50. The second kappa shape index (κ2) is 2.76.